The molecule has 0 fully saturated rings. The average Bonchev–Trinajstić information content (AvgIpc) is 2.54. The van der Waals surface area contributed by atoms with Crippen molar-refractivity contribution in [2.75, 3.05) is 11.5 Å². The quantitative estimate of drug-likeness (QED) is 0.563. The summed E-state index contributed by atoms with van der Waals surface area (Å²) in [4.78, 5) is 0. The zero-order chi connectivity index (χ0) is 20.0. The van der Waals surface area contributed by atoms with Crippen molar-refractivity contribution in [3.05, 3.63) is 59.7 Å². The molecule has 0 radical (unpaired) electrons. The summed E-state index contributed by atoms with van der Waals surface area (Å²) >= 11 is 0. The van der Waals surface area contributed by atoms with Gasteiger partial charge in [-0.25, -0.2) is 0 Å². The van der Waals surface area contributed by atoms with Crippen molar-refractivity contribution in [1.29, 1.82) is 0 Å². The molecule has 0 saturated heterocycles. The third kappa shape index (κ3) is 2.63. The van der Waals surface area contributed by atoms with Crippen molar-refractivity contribution in [3.63, 3.8) is 0 Å². The van der Waals surface area contributed by atoms with Gasteiger partial charge >= 0.3 is 23.7 Å². The van der Waals surface area contributed by atoms with Crippen LogP contribution in [0.4, 0.5) is 46.5 Å². The molecule has 0 saturated carbocycles. The number of hydrogen-bond acceptors (Lipinski definition) is 2. The highest BCUT2D eigenvalue weighted by Crippen LogP contribution is 2.60. The molecule has 26 heavy (non-hydrogen) atoms. The van der Waals surface area contributed by atoms with Crippen molar-refractivity contribution < 1.29 is 35.1 Å². The maximum absolute atomic E-state index is 14.2. The molecule has 0 bridgehead atoms. The molecule has 0 unspecified atom stereocenters. The summed E-state index contributed by atoms with van der Waals surface area (Å²) in [6.45, 7) is 0. The van der Waals surface area contributed by atoms with E-state index in [0.717, 1.165) is 36.4 Å². The lowest BCUT2D eigenvalue weighted by molar-refractivity contribution is -0.374. The van der Waals surface area contributed by atoms with E-state index in [4.69, 9.17) is 11.5 Å². The summed E-state index contributed by atoms with van der Waals surface area (Å²) in [7, 11) is 0. The number of hydrogen-bond donors (Lipinski definition) is 2. The number of benzene rings is 2. The molecule has 0 aliphatic heterocycles. The zero-order valence-corrected chi connectivity index (χ0v) is 12.8. The second-order valence-electron chi connectivity index (χ2n) is 5.47. The first-order valence-electron chi connectivity index (χ1n) is 6.99. The van der Waals surface area contributed by atoms with Gasteiger partial charge in [-0.2, -0.15) is 35.1 Å². The van der Waals surface area contributed by atoms with Gasteiger partial charge in [-0.05, 0) is 12.1 Å². The lowest BCUT2D eigenvalue weighted by atomic mass is 9.89. The minimum atomic E-state index is -6.48. The molecule has 0 aromatic heterocycles. The van der Waals surface area contributed by atoms with E-state index in [2.05, 4.69) is 0 Å². The van der Waals surface area contributed by atoms with E-state index in [-0.39, 0.29) is 0 Å². The van der Waals surface area contributed by atoms with Crippen molar-refractivity contribution in [1.82, 2.24) is 0 Å². The standard InChI is InChI=1S/C16H12F8N2/c17-13(18,9-5-1-3-7-11(9)25)15(21,22)16(23,24)14(19,20)10-6-2-4-8-12(10)26/h1-8H,25-26H2. The van der Waals surface area contributed by atoms with Crippen LogP contribution in [-0.2, 0) is 11.8 Å². The maximum atomic E-state index is 14.2. The Balaban J connectivity index is 2.62. The van der Waals surface area contributed by atoms with Crippen molar-refractivity contribution in [2.45, 2.75) is 23.7 Å². The summed E-state index contributed by atoms with van der Waals surface area (Å²) in [6.07, 6.45) is 0. The van der Waals surface area contributed by atoms with Crippen LogP contribution in [0, 0.1) is 0 Å². The van der Waals surface area contributed by atoms with Crippen LogP contribution >= 0.6 is 0 Å². The Morgan fingerprint density at radius 3 is 1.04 bits per heavy atom. The molecule has 2 aromatic carbocycles. The molecule has 0 heterocycles. The third-order valence-corrected chi connectivity index (χ3v) is 3.78. The van der Waals surface area contributed by atoms with Gasteiger partial charge in [-0.3, -0.25) is 0 Å². The summed E-state index contributed by atoms with van der Waals surface area (Å²) in [5.74, 6) is -24.3. The molecule has 142 valence electrons. The number of halogens is 8. The molecule has 10 heteroatoms. The molecule has 2 nitrogen and oxygen atoms in total. The van der Waals surface area contributed by atoms with Crippen LogP contribution in [-0.4, -0.2) is 11.8 Å². The number of nitrogen functional groups attached to an aromatic ring is 2. The molecule has 2 aromatic rings. The van der Waals surface area contributed by atoms with E-state index in [0.29, 0.717) is 12.1 Å². The van der Waals surface area contributed by atoms with Crippen LogP contribution in [0.1, 0.15) is 11.1 Å². The van der Waals surface area contributed by atoms with Crippen molar-refractivity contribution >= 4 is 11.4 Å². The highest BCUT2D eigenvalue weighted by molar-refractivity contribution is 5.52. The number of alkyl halides is 8. The first-order chi connectivity index (χ1) is 11.8. The molecular weight excluding hydrogens is 372 g/mol. The lowest BCUT2D eigenvalue weighted by Crippen LogP contribution is -2.60. The Hall–Kier alpha value is -2.52. The van der Waals surface area contributed by atoms with E-state index >= 15 is 0 Å². The highest BCUT2D eigenvalue weighted by Gasteiger charge is 2.81. The van der Waals surface area contributed by atoms with Crippen LogP contribution in [0.15, 0.2) is 48.5 Å². The van der Waals surface area contributed by atoms with Gasteiger partial charge in [0, 0.05) is 11.4 Å². The molecule has 0 aliphatic rings. The molecule has 0 aliphatic carbocycles. The van der Waals surface area contributed by atoms with Gasteiger partial charge in [0.15, 0.2) is 0 Å². The minimum absolute atomic E-state index is 0.356. The smallest absolute Gasteiger partial charge is 0.383 e. The number of nitrogens with two attached hydrogens (primary N) is 2. The van der Waals surface area contributed by atoms with Gasteiger partial charge < -0.3 is 11.5 Å². The number of para-hydroxylation sites is 2. The van der Waals surface area contributed by atoms with Gasteiger partial charge in [-0.15, -0.1) is 0 Å². The second-order valence-corrected chi connectivity index (χ2v) is 5.47. The molecular formula is C16H12F8N2. The molecule has 0 atom stereocenters. The molecule has 0 spiro atoms. The van der Waals surface area contributed by atoms with E-state index in [1.165, 1.54) is 0 Å². The van der Waals surface area contributed by atoms with Crippen molar-refractivity contribution in [3.8, 4) is 0 Å². The Labute approximate surface area is 142 Å². The fourth-order valence-corrected chi connectivity index (χ4v) is 2.30. The normalized spacial score (nSPS) is 13.7. The number of anilines is 2. The lowest BCUT2D eigenvalue weighted by Gasteiger charge is -2.37. The van der Waals surface area contributed by atoms with Gasteiger partial charge in [0.2, 0.25) is 0 Å². The van der Waals surface area contributed by atoms with Gasteiger partial charge in [-0.1, -0.05) is 36.4 Å². The Morgan fingerprint density at radius 2 is 0.769 bits per heavy atom. The average molecular weight is 384 g/mol. The van der Waals surface area contributed by atoms with Crippen LogP contribution < -0.4 is 11.5 Å². The van der Waals surface area contributed by atoms with Crippen LogP contribution in [0.25, 0.3) is 0 Å². The summed E-state index contributed by atoms with van der Waals surface area (Å²) in [5, 5.41) is 0. The van der Waals surface area contributed by atoms with E-state index in [1.807, 2.05) is 0 Å². The van der Waals surface area contributed by atoms with Gasteiger partial charge in [0.25, 0.3) is 0 Å². The fourth-order valence-electron chi connectivity index (χ4n) is 2.30. The van der Waals surface area contributed by atoms with Crippen LogP contribution in [0.2, 0.25) is 0 Å². The molecule has 4 N–H and O–H groups in total. The third-order valence-electron chi connectivity index (χ3n) is 3.78. The van der Waals surface area contributed by atoms with E-state index in [1.54, 1.807) is 0 Å². The van der Waals surface area contributed by atoms with E-state index in [9.17, 15) is 35.1 Å². The first kappa shape index (κ1) is 19.8. The van der Waals surface area contributed by atoms with Crippen LogP contribution in [0.5, 0.6) is 0 Å². The Bertz CT molecular complexity index is 737. The predicted octanol–water partition coefficient (Wildman–Crippen LogP) is 5.01. The van der Waals surface area contributed by atoms with Crippen LogP contribution in [0.3, 0.4) is 0 Å². The Kier molecular flexibility index (Phi) is 4.59. The highest BCUT2D eigenvalue weighted by atomic mass is 19.4. The monoisotopic (exact) mass is 384 g/mol. The Morgan fingerprint density at radius 1 is 0.500 bits per heavy atom. The minimum Gasteiger partial charge on any atom is -0.398 e. The first-order valence-corrected chi connectivity index (χ1v) is 6.99. The maximum Gasteiger partial charge on any atom is 0.383 e. The summed E-state index contributed by atoms with van der Waals surface area (Å²) < 4.78 is 113. The predicted molar refractivity (Wildman–Crippen MR) is 79.4 cm³/mol. The van der Waals surface area contributed by atoms with Gasteiger partial charge in [0.05, 0.1) is 11.1 Å². The van der Waals surface area contributed by atoms with E-state index < -0.39 is 46.2 Å². The largest absolute Gasteiger partial charge is 0.398 e. The number of rotatable bonds is 5. The molecule has 2 rings (SSSR count). The SMILES string of the molecule is Nc1ccccc1C(F)(F)C(F)(F)C(F)(F)C(F)(F)c1ccccc1N. The van der Waals surface area contributed by atoms with Crippen molar-refractivity contribution in [2.24, 2.45) is 0 Å². The van der Waals surface area contributed by atoms with Gasteiger partial charge in [0.1, 0.15) is 0 Å². The topological polar surface area (TPSA) is 52.0 Å². The molecule has 0 amide bonds. The second kappa shape index (κ2) is 6.03. The fraction of sp³-hybridized carbons (Fsp3) is 0.250. The zero-order valence-electron chi connectivity index (χ0n) is 12.8. The summed E-state index contributed by atoms with van der Waals surface area (Å²) in [6, 6.07) is 6.07. The summed E-state index contributed by atoms with van der Waals surface area (Å²) in [5.41, 5.74) is 4.97.